The van der Waals surface area contributed by atoms with E-state index in [1.54, 1.807) is 16.8 Å². The van der Waals surface area contributed by atoms with Crippen LogP contribution in [-0.4, -0.2) is 4.57 Å². The van der Waals surface area contributed by atoms with Gasteiger partial charge in [0.15, 0.2) is 0 Å². The van der Waals surface area contributed by atoms with Crippen molar-refractivity contribution in [1.82, 2.24) is 4.57 Å². The van der Waals surface area contributed by atoms with E-state index in [1.165, 1.54) is 0 Å². The molecule has 0 bridgehead atoms. The standard InChI is InChI=1S/C10H14ClNO/c1-4-12-6-8(11)5-9(7(2)3)10(12)13/h5-7H,4H2,1-3H3. The smallest absolute Gasteiger partial charge is 0.254 e. The Morgan fingerprint density at radius 2 is 2.15 bits per heavy atom. The zero-order valence-corrected chi connectivity index (χ0v) is 8.93. The SMILES string of the molecule is CCn1cc(Cl)cc(C(C)C)c1=O. The van der Waals surface area contributed by atoms with Gasteiger partial charge in [-0.25, -0.2) is 0 Å². The van der Waals surface area contributed by atoms with E-state index in [0.29, 0.717) is 11.6 Å². The van der Waals surface area contributed by atoms with Crippen LogP contribution in [0.2, 0.25) is 5.02 Å². The second kappa shape index (κ2) is 3.97. The predicted octanol–water partition coefficient (Wildman–Crippen LogP) is 2.65. The third kappa shape index (κ3) is 2.13. The Morgan fingerprint density at radius 1 is 1.54 bits per heavy atom. The first kappa shape index (κ1) is 10.3. The molecular weight excluding hydrogens is 186 g/mol. The van der Waals surface area contributed by atoms with E-state index < -0.39 is 0 Å². The summed E-state index contributed by atoms with van der Waals surface area (Å²) in [6.07, 6.45) is 1.68. The number of hydrogen-bond donors (Lipinski definition) is 0. The van der Waals surface area contributed by atoms with Gasteiger partial charge in [-0.2, -0.15) is 0 Å². The molecule has 1 aromatic heterocycles. The van der Waals surface area contributed by atoms with E-state index in [9.17, 15) is 4.79 Å². The molecular formula is C10H14ClNO. The summed E-state index contributed by atoms with van der Waals surface area (Å²) < 4.78 is 1.64. The van der Waals surface area contributed by atoms with Gasteiger partial charge in [0.1, 0.15) is 0 Å². The molecule has 0 aromatic carbocycles. The molecule has 2 nitrogen and oxygen atoms in total. The Kier molecular flexibility index (Phi) is 3.15. The van der Waals surface area contributed by atoms with Crippen LogP contribution in [0.5, 0.6) is 0 Å². The van der Waals surface area contributed by atoms with E-state index in [4.69, 9.17) is 11.6 Å². The number of pyridine rings is 1. The third-order valence-corrected chi connectivity index (χ3v) is 2.25. The van der Waals surface area contributed by atoms with Crippen LogP contribution in [0.4, 0.5) is 0 Å². The highest BCUT2D eigenvalue weighted by molar-refractivity contribution is 6.30. The van der Waals surface area contributed by atoms with Gasteiger partial charge in [-0.15, -0.1) is 0 Å². The second-order valence-corrected chi connectivity index (χ2v) is 3.80. The van der Waals surface area contributed by atoms with Gasteiger partial charge in [0.05, 0.1) is 5.02 Å². The van der Waals surface area contributed by atoms with Crippen LogP contribution < -0.4 is 5.56 Å². The van der Waals surface area contributed by atoms with Crippen LogP contribution >= 0.6 is 11.6 Å². The Bertz CT molecular complexity index is 354. The molecule has 0 atom stereocenters. The van der Waals surface area contributed by atoms with Crippen LogP contribution in [0.3, 0.4) is 0 Å². The molecule has 0 aliphatic rings. The third-order valence-electron chi connectivity index (χ3n) is 2.04. The van der Waals surface area contributed by atoms with Crippen molar-refractivity contribution in [2.45, 2.75) is 33.2 Å². The quantitative estimate of drug-likeness (QED) is 0.718. The van der Waals surface area contributed by atoms with Crippen molar-refractivity contribution >= 4 is 11.6 Å². The van der Waals surface area contributed by atoms with Gasteiger partial charge in [-0.3, -0.25) is 4.79 Å². The summed E-state index contributed by atoms with van der Waals surface area (Å²) in [4.78, 5) is 11.7. The van der Waals surface area contributed by atoms with Crippen molar-refractivity contribution in [2.24, 2.45) is 0 Å². The van der Waals surface area contributed by atoms with Gasteiger partial charge in [0.2, 0.25) is 0 Å². The fourth-order valence-corrected chi connectivity index (χ4v) is 1.50. The Labute approximate surface area is 83.2 Å². The van der Waals surface area contributed by atoms with E-state index in [0.717, 1.165) is 5.56 Å². The second-order valence-electron chi connectivity index (χ2n) is 3.36. The average Bonchev–Trinajstić information content (AvgIpc) is 2.08. The minimum atomic E-state index is 0.0712. The van der Waals surface area contributed by atoms with Crippen molar-refractivity contribution in [3.05, 3.63) is 33.2 Å². The number of rotatable bonds is 2. The van der Waals surface area contributed by atoms with Crippen LogP contribution in [-0.2, 0) is 6.54 Å². The first-order valence-electron chi connectivity index (χ1n) is 4.46. The largest absolute Gasteiger partial charge is 0.314 e. The molecule has 1 rings (SSSR count). The number of hydrogen-bond acceptors (Lipinski definition) is 1. The Hall–Kier alpha value is -0.760. The summed E-state index contributed by atoms with van der Waals surface area (Å²) >= 11 is 5.89. The summed E-state index contributed by atoms with van der Waals surface area (Å²) in [6, 6.07) is 1.75. The molecule has 0 amide bonds. The lowest BCUT2D eigenvalue weighted by Gasteiger charge is -2.09. The normalized spacial score (nSPS) is 10.8. The van der Waals surface area contributed by atoms with Gasteiger partial charge in [-0.05, 0) is 18.9 Å². The highest BCUT2D eigenvalue weighted by atomic mass is 35.5. The van der Waals surface area contributed by atoms with E-state index in [1.807, 2.05) is 20.8 Å². The summed E-state index contributed by atoms with van der Waals surface area (Å²) in [6.45, 7) is 6.58. The molecule has 0 spiro atoms. The predicted molar refractivity (Wildman–Crippen MR) is 55.5 cm³/mol. The monoisotopic (exact) mass is 199 g/mol. The maximum atomic E-state index is 11.7. The van der Waals surface area contributed by atoms with Crippen LogP contribution in [0.1, 0.15) is 32.3 Å². The highest BCUT2D eigenvalue weighted by Gasteiger charge is 2.07. The number of aryl methyl sites for hydroxylation is 1. The van der Waals surface area contributed by atoms with Crippen molar-refractivity contribution < 1.29 is 0 Å². The van der Waals surface area contributed by atoms with E-state index >= 15 is 0 Å². The Morgan fingerprint density at radius 3 is 2.62 bits per heavy atom. The Balaban J connectivity index is 3.36. The molecule has 3 heteroatoms. The lowest BCUT2D eigenvalue weighted by atomic mass is 10.1. The zero-order chi connectivity index (χ0) is 10.0. The zero-order valence-electron chi connectivity index (χ0n) is 8.17. The summed E-state index contributed by atoms with van der Waals surface area (Å²) in [5.41, 5.74) is 0.858. The van der Waals surface area contributed by atoms with Gasteiger partial charge in [-0.1, -0.05) is 25.4 Å². The summed E-state index contributed by atoms with van der Waals surface area (Å²) in [5.74, 6) is 0.226. The maximum absolute atomic E-state index is 11.7. The molecule has 0 fully saturated rings. The molecule has 0 N–H and O–H groups in total. The lowest BCUT2D eigenvalue weighted by molar-refractivity contribution is 0.700. The fourth-order valence-electron chi connectivity index (χ4n) is 1.27. The average molecular weight is 200 g/mol. The first-order chi connectivity index (χ1) is 6.06. The highest BCUT2D eigenvalue weighted by Crippen LogP contribution is 2.14. The van der Waals surface area contributed by atoms with E-state index in [-0.39, 0.29) is 11.5 Å². The molecule has 0 unspecified atom stereocenters. The summed E-state index contributed by atoms with van der Waals surface area (Å²) in [5, 5.41) is 0.630. The summed E-state index contributed by atoms with van der Waals surface area (Å²) in [7, 11) is 0. The molecule has 0 saturated carbocycles. The minimum Gasteiger partial charge on any atom is -0.314 e. The molecule has 72 valence electrons. The molecule has 0 saturated heterocycles. The van der Waals surface area contributed by atoms with Crippen LogP contribution in [0, 0.1) is 0 Å². The minimum absolute atomic E-state index is 0.0712. The number of aromatic nitrogens is 1. The topological polar surface area (TPSA) is 22.0 Å². The van der Waals surface area contributed by atoms with Crippen molar-refractivity contribution in [2.75, 3.05) is 0 Å². The first-order valence-corrected chi connectivity index (χ1v) is 4.84. The van der Waals surface area contributed by atoms with E-state index in [2.05, 4.69) is 0 Å². The van der Waals surface area contributed by atoms with Crippen LogP contribution in [0.25, 0.3) is 0 Å². The van der Waals surface area contributed by atoms with Crippen LogP contribution in [0.15, 0.2) is 17.1 Å². The van der Waals surface area contributed by atoms with Gasteiger partial charge >= 0.3 is 0 Å². The van der Waals surface area contributed by atoms with Gasteiger partial charge < -0.3 is 4.57 Å². The molecule has 1 heterocycles. The molecule has 13 heavy (non-hydrogen) atoms. The molecule has 0 aliphatic heterocycles. The molecule has 0 aliphatic carbocycles. The molecule has 1 aromatic rings. The van der Waals surface area contributed by atoms with Gasteiger partial charge in [0.25, 0.3) is 5.56 Å². The number of halogens is 1. The van der Waals surface area contributed by atoms with Crippen molar-refractivity contribution in [1.29, 1.82) is 0 Å². The maximum Gasteiger partial charge on any atom is 0.254 e. The number of nitrogens with zero attached hydrogens (tertiary/aromatic N) is 1. The lowest BCUT2D eigenvalue weighted by Crippen LogP contribution is -2.23. The van der Waals surface area contributed by atoms with Gasteiger partial charge in [0, 0.05) is 18.3 Å². The molecule has 0 radical (unpaired) electrons. The fraction of sp³-hybridized carbons (Fsp3) is 0.500. The van der Waals surface area contributed by atoms with Crippen molar-refractivity contribution in [3.63, 3.8) is 0 Å². The van der Waals surface area contributed by atoms with Crippen molar-refractivity contribution in [3.8, 4) is 0 Å².